The molecule has 0 aliphatic carbocycles. The van der Waals surface area contributed by atoms with Crippen molar-refractivity contribution in [2.24, 2.45) is 0 Å². The van der Waals surface area contributed by atoms with Crippen LogP contribution in [0.4, 0.5) is 0 Å². The Morgan fingerprint density at radius 2 is 1.92 bits per heavy atom. The Labute approximate surface area is 79.9 Å². The van der Waals surface area contributed by atoms with Crippen molar-refractivity contribution in [2.45, 2.75) is 0 Å². The van der Waals surface area contributed by atoms with E-state index in [1.807, 2.05) is 14.1 Å². The van der Waals surface area contributed by atoms with Gasteiger partial charge >= 0.3 is 0 Å². The molecule has 74 valence electrons. The maximum Gasteiger partial charge on any atom is 0.269 e. The molecular formula is C7H17ClN2O2. The van der Waals surface area contributed by atoms with E-state index in [1.165, 1.54) is 20.2 Å². The maximum absolute atomic E-state index is 10.4. The number of nitrogens with zero attached hydrogens (tertiary/aromatic N) is 1. The highest BCUT2D eigenvalue weighted by atomic mass is 35.5. The monoisotopic (exact) mass is 196 g/mol. The quantitative estimate of drug-likeness (QED) is 0.515. The second-order valence-corrected chi connectivity index (χ2v) is 1.72. The normalized spacial score (nSPS) is 7.00. The van der Waals surface area contributed by atoms with E-state index < -0.39 is 0 Å². The summed E-state index contributed by atoms with van der Waals surface area (Å²) in [6.07, 6.45) is 1.18. The summed E-state index contributed by atoms with van der Waals surface area (Å²) in [5.74, 6) is -0.243. The van der Waals surface area contributed by atoms with Gasteiger partial charge in [0.2, 0.25) is 0 Å². The first-order valence-corrected chi connectivity index (χ1v) is 3.16. The largest absolute Gasteiger partial charge is 0.323 e. The molecule has 0 atom stereocenters. The number of carbonyl (C=O) groups excluding carboxylic acids is 1. The van der Waals surface area contributed by atoms with E-state index in [-0.39, 0.29) is 18.3 Å². The first-order chi connectivity index (χ1) is 5.13. The summed E-state index contributed by atoms with van der Waals surface area (Å²) in [6, 6.07) is 0. The smallest absolute Gasteiger partial charge is 0.269 e. The first kappa shape index (κ1) is 17.5. The van der Waals surface area contributed by atoms with Crippen LogP contribution in [-0.4, -0.2) is 39.2 Å². The molecule has 0 aliphatic rings. The Kier molecular flexibility index (Phi) is 19.0. The zero-order chi connectivity index (χ0) is 9.28. The van der Waals surface area contributed by atoms with E-state index in [1.54, 1.807) is 0 Å². The molecule has 1 N–H and O–H groups in total. The third-order valence-corrected chi connectivity index (χ3v) is 0.759. The minimum Gasteiger partial charge on any atom is -0.323 e. The van der Waals surface area contributed by atoms with E-state index in [0.29, 0.717) is 0 Å². The van der Waals surface area contributed by atoms with Gasteiger partial charge in [-0.15, -0.1) is 12.4 Å². The van der Waals surface area contributed by atoms with E-state index >= 15 is 0 Å². The topological polar surface area (TPSA) is 41.6 Å². The molecule has 0 heterocycles. The number of carbonyl (C=O) groups is 1. The number of rotatable bonds is 2. The van der Waals surface area contributed by atoms with Crippen molar-refractivity contribution in [3.63, 3.8) is 0 Å². The minimum absolute atomic E-state index is 0. The second-order valence-electron chi connectivity index (χ2n) is 1.72. The molecule has 0 unspecified atom stereocenters. The van der Waals surface area contributed by atoms with Crippen LogP contribution in [0.3, 0.4) is 0 Å². The van der Waals surface area contributed by atoms with Gasteiger partial charge in [-0.2, -0.15) is 0 Å². The van der Waals surface area contributed by atoms with E-state index in [2.05, 4.69) is 16.7 Å². The van der Waals surface area contributed by atoms with Crippen molar-refractivity contribution in [2.75, 3.05) is 28.3 Å². The fourth-order valence-electron chi connectivity index (χ4n) is 0.219. The Morgan fingerprint density at radius 1 is 1.58 bits per heavy atom. The molecule has 1 amide bonds. The number of likely N-dealkylation sites (N-methyl/N-ethyl adjacent to an activating group) is 1. The van der Waals surface area contributed by atoms with Crippen molar-refractivity contribution in [3.05, 3.63) is 12.7 Å². The molecule has 0 bridgehead atoms. The van der Waals surface area contributed by atoms with E-state index in [0.717, 1.165) is 5.06 Å². The van der Waals surface area contributed by atoms with E-state index in [9.17, 15) is 4.79 Å². The van der Waals surface area contributed by atoms with Gasteiger partial charge in [0.15, 0.2) is 0 Å². The molecule has 0 fully saturated rings. The third kappa shape index (κ3) is 12.1. The highest BCUT2D eigenvalue weighted by Crippen LogP contribution is 1.82. The average Bonchev–Trinajstić information content (AvgIpc) is 2.03. The Hall–Kier alpha value is -0.580. The fourth-order valence-corrected chi connectivity index (χ4v) is 0.219. The molecule has 0 spiro atoms. The van der Waals surface area contributed by atoms with Gasteiger partial charge in [0.25, 0.3) is 5.91 Å². The SMILES string of the molecule is C=CC(=O)N(C)OC.CNC.Cl. The highest BCUT2D eigenvalue weighted by molar-refractivity contribution is 5.85. The van der Waals surface area contributed by atoms with Crippen LogP contribution in [0.1, 0.15) is 0 Å². The number of halogens is 1. The predicted octanol–water partition coefficient (Wildman–Crippen LogP) is 0.450. The van der Waals surface area contributed by atoms with Gasteiger partial charge in [0.05, 0.1) is 7.11 Å². The van der Waals surface area contributed by atoms with Gasteiger partial charge in [0.1, 0.15) is 0 Å². The molecule has 0 aliphatic heterocycles. The van der Waals surface area contributed by atoms with Crippen LogP contribution in [0.25, 0.3) is 0 Å². The number of hydroxylamine groups is 2. The number of hydrogen-bond donors (Lipinski definition) is 1. The molecule has 0 saturated carbocycles. The van der Waals surface area contributed by atoms with Crippen LogP contribution >= 0.6 is 12.4 Å². The van der Waals surface area contributed by atoms with E-state index in [4.69, 9.17) is 0 Å². The van der Waals surface area contributed by atoms with Crippen LogP contribution < -0.4 is 5.32 Å². The van der Waals surface area contributed by atoms with Crippen molar-refractivity contribution in [1.29, 1.82) is 0 Å². The molecule has 4 nitrogen and oxygen atoms in total. The molecule has 5 heteroatoms. The van der Waals surface area contributed by atoms with Crippen molar-refractivity contribution < 1.29 is 9.63 Å². The van der Waals surface area contributed by atoms with Crippen LogP contribution in [0, 0.1) is 0 Å². The third-order valence-electron chi connectivity index (χ3n) is 0.759. The molecule has 0 rings (SSSR count). The highest BCUT2D eigenvalue weighted by Gasteiger charge is 1.98. The van der Waals surface area contributed by atoms with Gasteiger partial charge < -0.3 is 5.32 Å². The lowest BCUT2D eigenvalue weighted by Gasteiger charge is -2.09. The fraction of sp³-hybridized carbons (Fsp3) is 0.571. The lowest BCUT2D eigenvalue weighted by Crippen LogP contribution is -2.22. The lowest BCUT2D eigenvalue weighted by atomic mass is 10.6. The minimum atomic E-state index is -0.243. The Bertz CT molecular complexity index is 120. The average molecular weight is 197 g/mol. The summed E-state index contributed by atoms with van der Waals surface area (Å²) in [5, 5.41) is 3.84. The second kappa shape index (κ2) is 13.0. The van der Waals surface area contributed by atoms with Crippen molar-refractivity contribution in [1.82, 2.24) is 10.4 Å². The molecule has 12 heavy (non-hydrogen) atoms. The Balaban J connectivity index is -0.000000177. The molecule has 0 aromatic carbocycles. The molecular weight excluding hydrogens is 180 g/mol. The van der Waals surface area contributed by atoms with Gasteiger partial charge in [0, 0.05) is 7.05 Å². The first-order valence-electron chi connectivity index (χ1n) is 3.16. The zero-order valence-corrected chi connectivity index (χ0v) is 8.77. The summed E-state index contributed by atoms with van der Waals surface area (Å²) in [6.45, 7) is 3.26. The summed E-state index contributed by atoms with van der Waals surface area (Å²) in [4.78, 5) is 14.9. The predicted molar refractivity (Wildman–Crippen MR) is 52.2 cm³/mol. The molecule has 0 saturated heterocycles. The van der Waals surface area contributed by atoms with Crippen molar-refractivity contribution >= 4 is 18.3 Å². The Morgan fingerprint density at radius 3 is 2.00 bits per heavy atom. The number of amides is 1. The summed E-state index contributed by atoms with van der Waals surface area (Å²) in [5.41, 5.74) is 0. The summed E-state index contributed by atoms with van der Waals surface area (Å²) in [7, 11) is 6.69. The van der Waals surface area contributed by atoms with Gasteiger partial charge in [-0.3, -0.25) is 9.63 Å². The van der Waals surface area contributed by atoms with Gasteiger partial charge in [-0.1, -0.05) is 6.58 Å². The molecule has 0 aromatic rings. The van der Waals surface area contributed by atoms with Gasteiger partial charge in [-0.05, 0) is 20.2 Å². The van der Waals surface area contributed by atoms with Gasteiger partial charge in [-0.25, -0.2) is 5.06 Å². The summed E-state index contributed by atoms with van der Waals surface area (Å²) >= 11 is 0. The van der Waals surface area contributed by atoms with Crippen LogP contribution in [-0.2, 0) is 9.63 Å². The van der Waals surface area contributed by atoms with Crippen LogP contribution in [0.15, 0.2) is 12.7 Å². The zero-order valence-electron chi connectivity index (χ0n) is 7.96. The van der Waals surface area contributed by atoms with Crippen LogP contribution in [0.2, 0.25) is 0 Å². The molecule has 0 radical (unpaired) electrons. The van der Waals surface area contributed by atoms with Crippen LogP contribution in [0.5, 0.6) is 0 Å². The lowest BCUT2D eigenvalue weighted by molar-refractivity contribution is -0.162. The van der Waals surface area contributed by atoms with Crippen molar-refractivity contribution in [3.8, 4) is 0 Å². The maximum atomic E-state index is 10.4. The number of nitrogens with one attached hydrogen (secondary N) is 1. The summed E-state index contributed by atoms with van der Waals surface area (Å²) < 4.78 is 0. The number of hydrogen-bond acceptors (Lipinski definition) is 3. The molecule has 0 aromatic heterocycles. The standard InChI is InChI=1S/C5H9NO2.C2H7N.ClH/c1-4-5(7)6(2)8-3;1-3-2;/h4H,1H2,2-3H3;3H,1-2H3;1H.